The molecule has 0 aliphatic heterocycles. The second-order valence-corrected chi connectivity index (χ2v) is 8.66. The molecule has 0 radical (unpaired) electrons. The van der Waals surface area contributed by atoms with Gasteiger partial charge in [-0.1, -0.05) is 64.7 Å². The Kier molecular flexibility index (Phi) is 9.71. The van der Waals surface area contributed by atoms with Gasteiger partial charge in [0.05, 0.1) is 0 Å². The molecule has 0 aromatic heterocycles. The van der Waals surface area contributed by atoms with Gasteiger partial charge in [0, 0.05) is 18.6 Å². The molecule has 3 aliphatic rings. The third kappa shape index (κ3) is 6.33. The van der Waals surface area contributed by atoms with E-state index in [1.165, 1.54) is 109 Å². The van der Waals surface area contributed by atoms with Crippen molar-refractivity contribution in [1.82, 2.24) is 4.90 Å². The van der Waals surface area contributed by atoms with Gasteiger partial charge >= 0.3 is 0 Å². The second kappa shape index (κ2) is 11.5. The third-order valence-electron chi connectivity index (χ3n) is 6.91. The van der Waals surface area contributed by atoms with Crippen molar-refractivity contribution in [2.24, 2.45) is 11.7 Å². The van der Waals surface area contributed by atoms with Crippen molar-refractivity contribution in [2.75, 3.05) is 19.6 Å². The first-order valence-corrected chi connectivity index (χ1v) is 11.3. The van der Waals surface area contributed by atoms with Crippen LogP contribution in [0.3, 0.4) is 0 Å². The summed E-state index contributed by atoms with van der Waals surface area (Å²) in [5.41, 5.74) is 6.49. The van der Waals surface area contributed by atoms with Crippen molar-refractivity contribution >= 4 is 0 Å². The van der Waals surface area contributed by atoms with Gasteiger partial charge in [0.2, 0.25) is 0 Å². The number of nitrogens with zero attached hydrogens (tertiary/aromatic N) is 1. The van der Waals surface area contributed by atoms with Crippen LogP contribution < -0.4 is 5.73 Å². The Morgan fingerprint density at radius 1 is 0.750 bits per heavy atom. The van der Waals surface area contributed by atoms with E-state index in [0.717, 1.165) is 19.0 Å². The molecule has 2 N–H and O–H groups in total. The minimum atomic E-state index is 0.549. The second-order valence-electron chi connectivity index (χ2n) is 8.66. The van der Waals surface area contributed by atoms with Crippen LogP contribution in [0.5, 0.6) is 0 Å². The molecule has 2 bridgehead atoms. The first kappa shape index (κ1) is 20.2. The zero-order chi connectivity index (χ0) is 17.1. The van der Waals surface area contributed by atoms with E-state index in [0.29, 0.717) is 5.54 Å². The summed E-state index contributed by atoms with van der Waals surface area (Å²) in [6.07, 6.45) is 23.2. The van der Waals surface area contributed by atoms with Gasteiger partial charge in [-0.25, -0.2) is 0 Å². The topological polar surface area (TPSA) is 29.3 Å². The number of unbranched alkanes of at least 4 members (excludes halogenated alkanes) is 9. The van der Waals surface area contributed by atoms with Gasteiger partial charge in [-0.3, -0.25) is 4.90 Å². The minimum Gasteiger partial charge on any atom is -0.329 e. The molecule has 0 spiro atoms. The fourth-order valence-electron chi connectivity index (χ4n) is 5.23. The Morgan fingerprint density at radius 3 is 1.75 bits per heavy atom. The van der Waals surface area contributed by atoms with Gasteiger partial charge in [-0.05, 0) is 57.4 Å². The van der Waals surface area contributed by atoms with Crippen LogP contribution in [0.1, 0.15) is 110 Å². The lowest BCUT2D eigenvalue weighted by Crippen LogP contribution is -2.55. The average molecular weight is 337 g/mol. The minimum absolute atomic E-state index is 0.549. The molecule has 3 saturated carbocycles. The monoisotopic (exact) mass is 336 g/mol. The lowest BCUT2D eigenvalue weighted by atomic mass is 9.65. The van der Waals surface area contributed by atoms with Gasteiger partial charge in [-0.2, -0.15) is 0 Å². The molecule has 0 aromatic carbocycles. The fraction of sp³-hybridized carbons (Fsp3) is 1.00. The number of hydrogen-bond acceptors (Lipinski definition) is 2. The van der Waals surface area contributed by atoms with Crippen LogP contribution in [0.25, 0.3) is 0 Å². The molecular formula is C22H44N2. The standard InChI is InChI=1S/C22H44N2/c1-2-3-4-5-6-7-8-9-10-11-19-24(20-18-23)22-15-12-21(13-16-22)14-17-22/h21H,2-20,23H2,1H3. The van der Waals surface area contributed by atoms with Crippen molar-refractivity contribution < 1.29 is 0 Å². The summed E-state index contributed by atoms with van der Waals surface area (Å²) in [5.74, 6) is 1.06. The summed E-state index contributed by atoms with van der Waals surface area (Å²) in [6.45, 7) is 5.57. The largest absolute Gasteiger partial charge is 0.329 e. The zero-order valence-corrected chi connectivity index (χ0v) is 16.5. The van der Waals surface area contributed by atoms with Crippen LogP contribution >= 0.6 is 0 Å². The molecule has 3 aliphatic carbocycles. The van der Waals surface area contributed by atoms with E-state index in [9.17, 15) is 0 Å². The van der Waals surface area contributed by atoms with Gasteiger partial charge in [0.1, 0.15) is 0 Å². The van der Waals surface area contributed by atoms with E-state index in [-0.39, 0.29) is 0 Å². The first-order valence-electron chi connectivity index (χ1n) is 11.3. The number of hydrogen-bond donors (Lipinski definition) is 1. The van der Waals surface area contributed by atoms with Gasteiger partial charge < -0.3 is 5.73 Å². The highest BCUT2D eigenvalue weighted by molar-refractivity contribution is 4.99. The van der Waals surface area contributed by atoms with Crippen LogP contribution in [0.2, 0.25) is 0 Å². The fourth-order valence-corrected chi connectivity index (χ4v) is 5.23. The zero-order valence-electron chi connectivity index (χ0n) is 16.5. The number of nitrogens with two attached hydrogens (primary N) is 1. The Morgan fingerprint density at radius 2 is 1.25 bits per heavy atom. The lowest BCUT2D eigenvalue weighted by Gasteiger charge is -2.53. The molecule has 0 aromatic rings. The van der Waals surface area contributed by atoms with Crippen molar-refractivity contribution in [1.29, 1.82) is 0 Å². The molecule has 0 heterocycles. The highest BCUT2D eigenvalue weighted by Crippen LogP contribution is 2.47. The summed E-state index contributed by atoms with van der Waals surface area (Å²) in [5, 5.41) is 0. The highest BCUT2D eigenvalue weighted by atomic mass is 15.2. The predicted octanol–water partition coefficient (Wildman–Crippen LogP) is 5.89. The van der Waals surface area contributed by atoms with E-state index >= 15 is 0 Å². The SMILES string of the molecule is CCCCCCCCCCCCN(CCN)C12CCC(CC1)CC2. The quantitative estimate of drug-likeness (QED) is 0.401. The van der Waals surface area contributed by atoms with E-state index in [1.54, 1.807) is 0 Å². The normalized spacial score (nSPS) is 26.4. The van der Waals surface area contributed by atoms with E-state index < -0.39 is 0 Å². The average Bonchev–Trinajstić information content (AvgIpc) is 2.64. The van der Waals surface area contributed by atoms with Gasteiger partial charge in [-0.15, -0.1) is 0 Å². The first-order chi connectivity index (χ1) is 11.8. The Labute approximate surface area is 151 Å². The van der Waals surface area contributed by atoms with Crippen LogP contribution in [-0.4, -0.2) is 30.1 Å². The van der Waals surface area contributed by atoms with Crippen LogP contribution in [0, 0.1) is 5.92 Å². The molecule has 142 valence electrons. The van der Waals surface area contributed by atoms with Crippen molar-refractivity contribution in [3.63, 3.8) is 0 Å². The molecule has 3 rings (SSSR count). The number of fused-ring (bicyclic) bond motifs is 3. The summed E-state index contributed by atoms with van der Waals surface area (Å²) < 4.78 is 0. The molecule has 2 nitrogen and oxygen atoms in total. The van der Waals surface area contributed by atoms with Crippen molar-refractivity contribution in [2.45, 2.75) is 115 Å². The van der Waals surface area contributed by atoms with E-state index in [4.69, 9.17) is 5.73 Å². The molecule has 2 heteroatoms. The predicted molar refractivity (Wildman–Crippen MR) is 106 cm³/mol. The highest BCUT2D eigenvalue weighted by Gasteiger charge is 2.43. The summed E-state index contributed by atoms with van der Waals surface area (Å²) in [4.78, 5) is 2.81. The maximum absolute atomic E-state index is 5.94. The van der Waals surface area contributed by atoms with Gasteiger partial charge in [0.25, 0.3) is 0 Å². The third-order valence-corrected chi connectivity index (χ3v) is 6.91. The smallest absolute Gasteiger partial charge is 0.0210 e. The van der Waals surface area contributed by atoms with Gasteiger partial charge in [0.15, 0.2) is 0 Å². The Hall–Kier alpha value is -0.0800. The molecule has 0 atom stereocenters. The summed E-state index contributed by atoms with van der Waals surface area (Å²) in [7, 11) is 0. The Balaban J connectivity index is 1.55. The maximum atomic E-state index is 5.94. The van der Waals surface area contributed by atoms with Crippen LogP contribution in [0.15, 0.2) is 0 Å². The van der Waals surface area contributed by atoms with Crippen LogP contribution in [0.4, 0.5) is 0 Å². The summed E-state index contributed by atoms with van der Waals surface area (Å²) in [6, 6.07) is 0. The number of rotatable bonds is 14. The van der Waals surface area contributed by atoms with E-state index in [2.05, 4.69) is 11.8 Å². The maximum Gasteiger partial charge on any atom is 0.0210 e. The van der Waals surface area contributed by atoms with Crippen molar-refractivity contribution in [3.05, 3.63) is 0 Å². The van der Waals surface area contributed by atoms with Crippen molar-refractivity contribution in [3.8, 4) is 0 Å². The molecule has 0 amide bonds. The molecule has 3 fully saturated rings. The molecule has 0 saturated heterocycles. The lowest BCUT2D eigenvalue weighted by molar-refractivity contribution is -0.0107. The summed E-state index contributed by atoms with van der Waals surface area (Å²) >= 11 is 0. The Bertz CT molecular complexity index is 293. The molecular weight excluding hydrogens is 292 g/mol. The molecule has 0 unspecified atom stereocenters. The van der Waals surface area contributed by atoms with Crippen LogP contribution in [-0.2, 0) is 0 Å². The molecule has 24 heavy (non-hydrogen) atoms. The van der Waals surface area contributed by atoms with E-state index in [1.807, 2.05) is 0 Å².